The molecule has 0 fully saturated rings. The zero-order valence-electron chi connectivity index (χ0n) is 14.1. The Balaban J connectivity index is 1.74. The van der Waals surface area contributed by atoms with Gasteiger partial charge in [0.1, 0.15) is 0 Å². The number of nitrogens with zero attached hydrogens (tertiary/aromatic N) is 2. The van der Waals surface area contributed by atoms with Gasteiger partial charge in [-0.15, -0.1) is 0 Å². The van der Waals surface area contributed by atoms with Crippen molar-refractivity contribution in [1.82, 2.24) is 20.4 Å². The Labute approximate surface area is 148 Å². The van der Waals surface area contributed by atoms with Gasteiger partial charge < -0.3 is 10.6 Å². The number of hydrogen-bond donors (Lipinski definition) is 2. The lowest BCUT2D eigenvalue weighted by atomic mass is 10.2. The Bertz CT molecular complexity index is 757. The molecule has 0 radical (unpaired) electrons. The van der Waals surface area contributed by atoms with Gasteiger partial charge in [-0.25, -0.2) is 0 Å². The van der Waals surface area contributed by atoms with Gasteiger partial charge in [0.05, 0.1) is 5.56 Å². The highest BCUT2D eigenvalue weighted by Gasteiger charge is 2.38. The van der Waals surface area contributed by atoms with Crippen molar-refractivity contribution in [2.45, 2.75) is 25.6 Å². The number of benzene rings is 1. The topological polar surface area (TPSA) is 76.0 Å². The minimum absolute atomic E-state index is 0.0871. The fourth-order valence-electron chi connectivity index (χ4n) is 2.29. The molecule has 0 saturated carbocycles. The molecule has 26 heavy (non-hydrogen) atoms. The van der Waals surface area contributed by atoms with E-state index < -0.39 is 23.3 Å². The molecule has 2 rings (SSSR count). The number of aromatic nitrogens is 2. The van der Waals surface area contributed by atoms with Gasteiger partial charge in [-0.05, 0) is 12.0 Å². The molecule has 6 nitrogen and oxygen atoms in total. The summed E-state index contributed by atoms with van der Waals surface area (Å²) in [6, 6.07) is 9.37. The first kappa shape index (κ1) is 19.5. The Kier molecular flexibility index (Phi) is 6.37. The van der Waals surface area contributed by atoms with E-state index in [1.807, 2.05) is 30.3 Å². The molecular formula is C17H19F3N4O2. The number of aryl methyl sites for hydroxylation is 1. The number of nitrogens with one attached hydrogen (secondary N) is 2. The molecule has 2 amide bonds. The van der Waals surface area contributed by atoms with Crippen LogP contribution in [0, 0.1) is 0 Å². The molecule has 0 spiro atoms. The summed E-state index contributed by atoms with van der Waals surface area (Å²) in [6.45, 7) is 0.487. The first-order chi connectivity index (χ1) is 12.3. The number of halogens is 3. The van der Waals surface area contributed by atoms with Crippen LogP contribution in [0.1, 0.15) is 34.5 Å². The molecule has 1 heterocycles. The number of alkyl halides is 3. The summed E-state index contributed by atoms with van der Waals surface area (Å²) >= 11 is 0. The van der Waals surface area contributed by atoms with Gasteiger partial charge in [0.15, 0.2) is 5.69 Å². The van der Waals surface area contributed by atoms with E-state index in [0.717, 1.165) is 16.4 Å². The number of rotatable bonds is 7. The fourth-order valence-corrected chi connectivity index (χ4v) is 2.29. The second-order valence-corrected chi connectivity index (χ2v) is 5.68. The smallest absolute Gasteiger partial charge is 0.352 e. The molecule has 0 saturated heterocycles. The van der Waals surface area contributed by atoms with Crippen molar-refractivity contribution in [3.63, 3.8) is 0 Å². The second-order valence-electron chi connectivity index (χ2n) is 5.68. The van der Waals surface area contributed by atoms with Crippen LogP contribution in [0.2, 0.25) is 0 Å². The summed E-state index contributed by atoms with van der Waals surface area (Å²) in [4.78, 5) is 23.6. The molecule has 0 aliphatic carbocycles. The van der Waals surface area contributed by atoms with Crippen molar-refractivity contribution in [1.29, 1.82) is 0 Å². The lowest BCUT2D eigenvalue weighted by Crippen LogP contribution is -2.28. The number of carbonyl (C=O) groups excluding carboxylic acids is 2. The van der Waals surface area contributed by atoms with Gasteiger partial charge in [-0.1, -0.05) is 30.3 Å². The van der Waals surface area contributed by atoms with Crippen LogP contribution in [0.15, 0.2) is 36.5 Å². The molecule has 1 aromatic carbocycles. The molecule has 0 aliphatic heterocycles. The standard InChI is InChI=1S/C17H19F3N4O2/c1-24-11-13(15(23-24)17(18,19)20)16(26)21-9-5-8-14(25)22-10-12-6-3-2-4-7-12/h2-4,6-7,11H,5,8-10H2,1H3,(H,21,26)(H,22,25). The van der Waals surface area contributed by atoms with Crippen LogP contribution in [-0.4, -0.2) is 28.1 Å². The first-order valence-electron chi connectivity index (χ1n) is 7.97. The highest BCUT2D eigenvalue weighted by Crippen LogP contribution is 2.30. The quantitative estimate of drug-likeness (QED) is 0.736. The molecule has 0 aliphatic rings. The molecule has 0 atom stereocenters. The van der Waals surface area contributed by atoms with Crippen LogP contribution in [0.4, 0.5) is 13.2 Å². The third kappa shape index (κ3) is 5.61. The Morgan fingerprint density at radius 3 is 2.50 bits per heavy atom. The largest absolute Gasteiger partial charge is 0.435 e. The van der Waals surface area contributed by atoms with E-state index in [1.54, 1.807) is 0 Å². The first-order valence-corrected chi connectivity index (χ1v) is 7.97. The zero-order chi connectivity index (χ0) is 19.2. The summed E-state index contributed by atoms with van der Waals surface area (Å²) in [6.07, 6.45) is -3.21. The number of hydrogen-bond acceptors (Lipinski definition) is 3. The highest BCUT2D eigenvalue weighted by atomic mass is 19.4. The summed E-state index contributed by atoms with van der Waals surface area (Å²) in [5, 5.41) is 8.40. The normalized spacial score (nSPS) is 11.2. The number of amides is 2. The van der Waals surface area contributed by atoms with E-state index in [1.165, 1.54) is 7.05 Å². The third-order valence-electron chi connectivity index (χ3n) is 3.54. The summed E-state index contributed by atoms with van der Waals surface area (Å²) in [5.74, 6) is -1.06. The Hall–Kier alpha value is -2.84. The van der Waals surface area contributed by atoms with E-state index in [4.69, 9.17) is 0 Å². The summed E-state index contributed by atoms with van der Waals surface area (Å²) in [5.41, 5.74) is -0.794. The SMILES string of the molecule is Cn1cc(C(=O)NCCCC(=O)NCc2ccccc2)c(C(F)(F)F)n1. The van der Waals surface area contributed by atoms with E-state index in [0.29, 0.717) is 13.0 Å². The molecule has 2 N–H and O–H groups in total. The predicted octanol–water partition coefficient (Wildman–Crippen LogP) is 2.27. The van der Waals surface area contributed by atoms with Crippen LogP contribution in [-0.2, 0) is 24.6 Å². The van der Waals surface area contributed by atoms with E-state index in [9.17, 15) is 22.8 Å². The Morgan fingerprint density at radius 2 is 1.85 bits per heavy atom. The van der Waals surface area contributed by atoms with Crippen molar-refractivity contribution < 1.29 is 22.8 Å². The molecule has 1 aromatic heterocycles. The van der Waals surface area contributed by atoms with Gasteiger partial charge in [0.2, 0.25) is 5.91 Å². The maximum Gasteiger partial charge on any atom is 0.435 e. The van der Waals surface area contributed by atoms with Crippen LogP contribution >= 0.6 is 0 Å². The lowest BCUT2D eigenvalue weighted by Gasteiger charge is -2.08. The highest BCUT2D eigenvalue weighted by molar-refractivity contribution is 5.95. The molecule has 9 heteroatoms. The van der Waals surface area contributed by atoms with E-state index in [-0.39, 0.29) is 18.9 Å². The van der Waals surface area contributed by atoms with Crippen LogP contribution < -0.4 is 10.6 Å². The lowest BCUT2D eigenvalue weighted by molar-refractivity contribution is -0.141. The van der Waals surface area contributed by atoms with E-state index in [2.05, 4.69) is 15.7 Å². The van der Waals surface area contributed by atoms with Crippen LogP contribution in [0.25, 0.3) is 0 Å². The summed E-state index contributed by atoms with van der Waals surface area (Å²) < 4.78 is 39.4. The monoisotopic (exact) mass is 368 g/mol. The van der Waals surface area contributed by atoms with Crippen LogP contribution in [0.3, 0.4) is 0 Å². The maximum absolute atomic E-state index is 12.8. The summed E-state index contributed by atoms with van der Waals surface area (Å²) in [7, 11) is 1.31. The van der Waals surface area contributed by atoms with Crippen molar-refractivity contribution in [3.05, 3.63) is 53.3 Å². The zero-order valence-corrected chi connectivity index (χ0v) is 14.1. The van der Waals surface area contributed by atoms with Crippen molar-refractivity contribution in [2.75, 3.05) is 6.54 Å². The minimum Gasteiger partial charge on any atom is -0.352 e. The molecule has 0 bridgehead atoms. The van der Waals surface area contributed by atoms with Gasteiger partial charge in [-0.3, -0.25) is 14.3 Å². The van der Waals surface area contributed by atoms with Gasteiger partial charge in [0.25, 0.3) is 5.91 Å². The Morgan fingerprint density at radius 1 is 1.15 bits per heavy atom. The second kappa shape index (κ2) is 8.50. The predicted molar refractivity (Wildman–Crippen MR) is 88.1 cm³/mol. The molecule has 2 aromatic rings. The van der Waals surface area contributed by atoms with Crippen LogP contribution in [0.5, 0.6) is 0 Å². The number of carbonyl (C=O) groups is 2. The third-order valence-corrected chi connectivity index (χ3v) is 3.54. The molecular weight excluding hydrogens is 349 g/mol. The average Bonchev–Trinajstić information content (AvgIpc) is 3.00. The molecule has 140 valence electrons. The van der Waals surface area contributed by atoms with Gasteiger partial charge in [-0.2, -0.15) is 18.3 Å². The maximum atomic E-state index is 12.8. The van der Waals surface area contributed by atoms with Crippen molar-refractivity contribution in [3.8, 4) is 0 Å². The fraction of sp³-hybridized carbons (Fsp3) is 0.353. The van der Waals surface area contributed by atoms with Crippen molar-refractivity contribution >= 4 is 11.8 Å². The van der Waals surface area contributed by atoms with Gasteiger partial charge in [0, 0.05) is 32.8 Å². The van der Waals surface area contributed by atoms with Gasteiger partial charge >= 0.3 is 6.18 Å². The average molecular weight is 368 g/mol. The van der Waals surface area contributed by atoms with E-state index >= 15 is 0 Å². The van der Waals surface area contributed by atoms with Crippen molar-refractivity contribution in [2.24, 2.45) is 7.05 Å². The minimum atomic E-state index is -4.70. The molecule has 0 unspecified atom stereocenters.